The zero-order valence-corrected chi connectivity index (χ0v) is 12.4. The molecule has 5 heteroatoms. The van der Waals surface area contributed by atoms with Crippen molar-refractivity contribution in [1.82, 2.24) is 4.98 Å². The van der Waals surface area contributed by atoms with Gasteiger partial charge in [-0.1, -0.05) is 59.6 Å². The van der Waals surface area contributed by atoms with Crippen LogP contribution in [0.4, 0.5) is 5.82 Å². The first-order chi connectivity index (χ1) is 9.70. The lowest BCUT2D eigenvalue weighted by Crippen LogP contribution is -2.00. The number of pyridine rings is 1. The van der Waals surface area contributed by atoms with Crippen molar-refractivity contribution in [2.45, 2.75) is 0 Å². The lowest BCUT2D eigenvalue weighted by Gasteiger charge is -2.08. The molecule has 0 aliphatic carbocycles. The molecule has 0 aliphatic heterocycles. The van der Waals surface area contributed by atoms with Crippen LogP contribution in [0.15, 0.2) is 42.5 Å². The highest BCUT2D eigenvalue weighted by Crippen LogP contribution is 2.30. The van der Waals surface area contributed by atoms with Crippen LogP contribution in [0.1, 0.15) is 5.56 Å². The van der Waals surface area contributed by atoms with E-state index in [-0.39, 0.29) is 0 Å². The maximum absolute atomic E-state index is 6.03. The van der Waals surface area contributed by atoms with Gasteiger partial charge < -0.3 is 10.1 Å². The molecule has 1 aromatic heterocycles. The third kappa shape index (κ3) is 3.89. The summed E-state index contributed by atoms with van der Waals surface area (Å²) in [5.41, 5.74) is 1.11. The van der Waals surface area contributed by atoms with Gasteiger partial charge in [0.1, 0.15) is 17.4 Å². The van der Waals surface area contributed by atoms with Crippen LogP contribution < -0.4 is 10.1 Å². The van der Waals surface area contributed by atoms with Crippen molar-refractivity contribution in [3.63, 3.8) is 0 Å². The van der Waals surface area contributed by atoms with E-state index in [1.54, 1.807) is 13.1 Å². The molecule has 0 spiro atoms. The van der Waals surface area contributed by atoms with Crippen LogP contribution in [0.5, 0.6) is 5.88 Å². The van der Waals surface area contributed by atoms with Crippen molar-refractivity contribution in [1.29, 1.82) is 0 Å². The molecular formula is C15H14Cl2N2O. The number of nitrogens with one attached hydrogen (secondary N) is 1. The Morgan fingerprint density at radius 2 is 1.95 bits per heavy atom. The van der Waals surface area contributed by atoms with E-state index < -0.39 is 0 Å². The van der Waals surface area contributed by atoms with E-state index in [1.165, 1.54) is 0 Å². The lowest BCUT2D eigenvalue weighted by atomic mass is 10.2. The highest BCUT2D eigenvalue weighted by atomic mass is 35.5. The van der Waals surface area contributed by atoms with Crippen LogP contribution in [0.2, 0.25) is 10.0 Å². The monoisotopic (exact) mass is 308 g/mol. The smallest absolute Gasteiger partial charge is 0.234 e. The van der Waals surface area contributed by atoms with Crippen LogP contribution in [0.3, 0.4) is 0 Å². The van der Waals surface area contributed by atoms with Crippen LogP contribution in [-0.2, 0) is 0 Å². The van der Waals surface area contributed by atoms with Gasteiger partial charge in [-0.2, -0.15) is 4.98 Å². The summed E-state index contributed by atoms with van der Waals surface area (Å²) < 4.78 is 5.53. The minimum absolute atomic E-state index is 0.359. The Hall–Kier alpha value is -1.71. The molecule has 0 fully saturated rings. The molecule has 0 aliphatic rings. The first-order valence-corrected chi connectivity index (χ1v) is 6.84. The van der Waals surface area contributed by atoms with Gasteiger partial charge in [-0.15, -0.1) is 0 Å². The number of hydrogen-bond acceptors (Lipinski definition) is 3. The fourth-order valence-corrected chi connectivity index (χ4v) is 2.11. The summed E-state index contributed by atoms with van der Waals surface area (Å²) in [7, 11) is 1.74. The standard InChI is InChI=1S/C15H14Cl2N2O/c1-18-14-12(16)10-13(17)15(19-14)20-9-5-8-11-6-3-2-4-7-11/h2-8,10H,9H2,1H3,(H,18,19)/b8-5+. The lowest BCUT2D eigenvalue weighted by molar-refractivity contribution is 0.350. The summed E-state index contributed by atoms with van der Waals surface area (Å²) in [5.74, 6) is 0.899. The van der Waals surface area contributed by atoms with Crippen molar-refractivity contribution in [2.75, 3.05) is 19.0 Å². The largest absolute Gasteiger partial charge is 0.472 e. The van der Waals surface area contributed by atoms with E-state index in [9.17, 15) is 0 Å². The van der Waals surface area contributed by atoms with Gasteiger partial charge in [0, 0.05) is 7.05 Å². The summed E-state index contributed by atoms with van der Waals surface area (Å²) >= 11 is 12.0. The number of halogens is 2. The van der Waals surface area contributed by atoms with Crippen molar-refractivity contribution < 1.29 is 4.74 Å². The molecule has 0 saturated heterocycles. The Kier molecular flexibility index (Phi) is 5.27. The maximum atomic E-state index is 6.03. The molecule has 0 atom stereocenters. The van der Waals surface area contributed by atoms with Gasteiger partial charge >= 0.3 is 0 Å². The normalized spacial score (nSPS) is 10.8. The molecule has 0 radical (unpaired) electrons. The molecule has 3 nitrogen and oxygen atoms in total. The van der Waals surface area contributed by atoms with Crippen molar-refractivity contribution >= 4 is 35.1 Å². The predicted octanol–water partition coefficient (Wildman–Crippen LogP) is 4.52. The van der Waals surface area contributed by atoms with Gasteiger partial charge in [0.05, 0.1) is 5.02 Å². The van der Waals surface area contributed by atoms with Gasteiger partial charge in [0.25, 0.3) is 0 Å². The highest BCUT2D eigenvalue weighted by Gasteiger charge is 2.08. The zero-order chi connectivity index (χ0) is 14.4. The Balaban J connectivity index is 1.99. The van der Waals surface area contributed by atoms with Crippen LogP contribution in [0.25, 0.3) is 6.08 Å². The molecule has 1 aromatic carbocycles. The third-order valence-corrected chi connectivity index (χ3v) is 3.12. The second-order valence-corrected chi connectivity index (χ2v) is 4.79. The predicted molar refractivity (Wildman–Crippen MR) is 84.8 cm³/mol. The summed E-state index contributed by atoms with van der Waals surface area (Å²) in [6, 6.07) is 11.6. The molecule has 0 saturated carbocycles. The maximum Gasteiger partial charge on any atom is 0.234 e. The number of ether oxygens (including phenoxy) is 1. The van der Waals surface area contributed by atoms with Gasteiger partial charge in [-0.3, -0.25) is 0 Å². The molecule has 0 bridgehead atoms. The van der Waals surface area contributed by atoms with Crippen molar-refractivity contribution in [2.24, 2.45) is 0 Å². The minimum atomic E-state index is 0.359. The number of benzene rings is 1. The minimum Gasteiger partial charge on any atom is -0.472 e. The third-order valence-electron chi connectivity index (χ3n) is 2.56. The number of hydrogen-bond donors (Lipinski definition) is 1. The second kappa shape index (κ2) is 7.17. The highest BCUT2D eigenvalue weighted by molar-refractivity contribution is 6.36. The number of nitrogens with zero attached hydrogens (tertiary/aromatic N) is 1. The SMILES string of the molecule is CNc1nc(OC/C=C/c2ccccc2)c(Cl)cc1Cl. The Morgan fingerprint density at radius 3 is 2.65 bits per heavy atom. The van der Waals surface area contributed by atoms with Gasteiger partial charge in [-0.05, 0) is 17.7 Å². The van der Waals surface area contributed by atoms with E-state index in [0.29, 0.717) is 28.3 Å². The Bertz CT molecular complexity index is 600. The van der Waals surface area contributed by atoms with Gasteiger partial charge in [-0.25, -0.2) is 0 Å². The summed E-state index contributed by atoms with van der Waals surface area (Å²) in [6.07, 6.45) is 3.88. The quantitative estimate of drug-likeness (QED) is 0.881. The van der Waals surface area contributed by atoms with E-state index in [0.717, 1.165) is 5.56 Å². The van der Waals surface area contributed by atoms with E-state index in [2.05, 4.69) is 10.3 Å². The van der Waals surface area contributed by atoms with Gasteiger partial charge in [0.2, 0.25) is 5.88 Å². The summed E-state index contributed by atoms with van der Waals surface area (Å²) in [5, 5.41) is 3.73. The van der Waals surface area contributed by atoms with E-state index in [1.807, 2.05) is 42.5 Å². The number of anilines is 1. The fourth-order valence-electron chi connectivity index (χ4n) is 1.60. The molecule has 0 amide bonds. The number of aromatic nitrogens is 1. The molecule has 1 heterocycles. The Morgan fingerprint density at radius 1 is 1.20 bits per heavy atom. The van der Waals surface area contributed by atoms with Crippen molar-refractivity contribution in [3.05, 3.63) is 58.1 Å². The molecule has 104 valence electrons. The molecule has 0 unspecified atom stereocenters. The molecule has 2 aromatic rings. The van der Waals surface area contributed by atoms with Gasteiger partial charge in [0.15, 0.2) is 0 Å². The van der Waals surface area contributed by atoms with Crippen LogP contribution >= 0.6 is 23.2 Å². The van der Waals surface area contributed by atoms with Crippen molar-refractivity contribution in [3.8, 4) is 5.88 Å². The average Bonchev–Trinajstić information content (AvgIpc) is 2.46. The molecule has 20 heavy (non-hydrogen) atoms. The first-order valence-electron chi connectivity index (χ1n) is 6.09. The molecule has 2 rings (SSSR count). The van der Waals surface area contributed by atoms with E-state index in [4.69, 9.17) is 27.9 Å². The first kappa shape index (κ1) is 14.7. The number of rotatable bonds is 5. The van der Waals surface area contributed by atoms with E-state index >= 15 is 0 Å². The average molecular weight is 309 g/mol. The summed E-state index contributed by atoms with van der Waals surface area (Å²) in [4.78, 5) is 4.20. The summed E-state index contributed by atoms with van der Waals surface area (Å²) in [6.45, 7) is 0.381. The fraction of sp³-hybridized carbons (Fsp3) is 0.133. The zero-order valence-electron chi connectivity index (χ0n) is 10.9. The van der Waals surface area contributed by atoms with Crippen LogP contribution in [0, 0.1) is 0 Å². The Labute approximate surface area is 128 Å². The molecular weight excluding hydrogens is 295 g/mol. The van der Waals surface area contributed by atoms with Crippen LogP contribution in [-0.4, -0.2) is 18.6 Å². The molecule has 1 N–H and O–H groups in total. The second-order valence-electron chi connectivity index (χ2n) is 3.98. The topological polar surface area (TPSA) is 34.2 Å².